The van der Waals surface area contributed by atoms with Crippen LogP contribution in [-0.2, 0) is 4.79 Å². The van der Waals surface area contributed by atoms with Crippen molar-refractivity contribution < 1.29 is 9.59 Å². The topological polar surface area (TPSA) is 64.7 Å². The van der Waals surface area contributed by atoms with E-state index >= 15 is 0 Å². The van der Waals surface area contributed by atoms with Crippen molar-refractivity contribution in [3.8, 4) is 0 Å². The Bertz CT molecular complexity index is 325. The second-order valence-corrected chi connectivity index (χ2v) is 5.64. The largest absolute Gasteiger partial charge is 0.354 e. The number of urea groups is 1. The van der Waals surface area contributed by atoms with Gasteiger partial charge < -0.3 is 20.4 Å². The van der Waals surface area contributed by atoms with Crippen LogP contribution in [0.3, 0.4) is 0 Å². The zero-order valence-corrected chi connectivity index (χ0v) is 13.1. The van der Waals surface area contributed by atoms with Gasteiger partial charge in [0.15, 0.2) is 0 Å². The molecule has 0 aliphatic carbocycles. The standard InChI is InChI=1S/C14H28N4O2/c1-5-15-11(2)10-16-13(19)12-6-8-18(9-7-12)14(20)17(3)4/h11-12,15H,5-10H2,1-4H3,(H,16,19)/t11-/m1/s1. The van der Waals surface area contributed by atoms with Gasteiger partial charge in [-0.3, -0.25) is 4.79 Å². The van der Waals surface area contributed by atoms with Gasteiger partial charge in [0.1, 0.15) is 0 Å². The molecule has 20 heavy (non-hydrogen) atoms. The highest BCUT2D eigenvalue weighted by Gasteiger charge is 2.27. The molecule has 0 spiro atoms. The molecule has 1 heterocycles. The van der Waals surface area contributed by atoms with E-state index in [0.29, 0.717) is 25.7 Å². The molecule has 1 aliphatic rings. The summed E-state index contributed by atoms with van der Waals surface area (Å²) in [7, 11) is 3.51. The van der Waals surface area contributed by atoms with Crippen LogP contribution >= 0.6 is 0 Å². The third-order valence-electron chi connectivity index (χ3n) is 3.65. The minimum Gasteiger partial charge on any atom is -0.354 e. The van der Waals surface area contributed by atoms with Crippen LogP contribution in [0.25, 0.3) is 0 Å². The third-order valence-corrected chi connectivity index (χ3v) is 3.65. The average molecular weight is 284 g/mol. The molecule has 0 unspecified atom stereocenters. The summed E-state index contributed by atoms with van der Waals surface area (Å²) in [5.74, 6) is 0.154. The molecule has 1 saturated heterocycles. The number of likely N-dealkylation sites (N-methyl/N-ethyl adjacent to an activating group) is 1. The number of rotatable bonds is 5. The highest BCUT2D eigenvalue weighted by atomic mass is 16.2. The molecule has 1 aliphatic heterocycles. The number of nitrogens with one attached hydrogen (secondary N) is 2. The van der Waals surface area contributed by atoms with Crippen LogP contribution in [0, 0.1) is 5.92 Å². The summed E-state index contributed by atoms with van der Waals surface area (Å²) in [5.41, 5.74) is 0. The maximum Gasteiger partial charge on any atom is 0.319 e. The zero-order valence-electron chi connectivity index (χ0n) is 13.1. The number of nitrogens with zero attached hydrogens (tertiary/aromatic N) is 2. The maximum atomic E-state index is 12.1. The van der Waals surface area contributed by atoms with Crippen molar-refractivity contribution >= 4 is 11.9 Å². The Hall–Kier alpha value is -1.30. The minimum absolute atomic E-state index is 0.0321. The molecule has 3 amide bonds. The quantitative estimate of drug-likeness (QED) is 0.772. The summed E-state index contributed by atoms with van der Waals surface area (Å²) < 4.78 is 0. The SMILES string of the molecule is CCN[C@H](C)CNC(=O)C1CCN(C(=O)N(C)C)CC1. The Labute approximate surface area is 121 Å². The Balaban J connectivity index is 2.30. The van der Waals surface area contributed by atoms with E-state index in [2.05, 4.69) is 24.5 Å². The summed E-state index contributed by atoms with van der Waals surface area (Å²) in [6.07, 6.45) is 1.50. The highest BCUT2D eigenvalue weighted by Crippen LogP contribution is 2.18. The number of amides is 3. The summed E-state index contributed by atoms with van der Waals surface area (Å²) in [6, 6.07) is 0.323. The van der Waals surface area contributed by atoms with Crippen LogP contribution in [-0.4, -0.2) is 68.1 Å². The Kier molecular flexibility index (Phi) is 6.78. The molecule has 0 aromatic heterocycles. The van der Waals surface area contributed by atoms with Crippen LogP contribution in [0.4, 0.5) is 4.79 Å². The number of carbonyl (C=O) groups is 2. The summed E-state index contributed by atoms with van der Waals surface area (Å²) in [6.45, 7) is 7.00. The number of carbonyl (C=O) groups excluding carboxylic acids is 2. The van der Waals surface area contributed by atoms with Gasteiger partial charge in [0, 0.05) is 45.7 Å². The average Bonchev–Trinajstić information content (AvgIpc) is 2.44. The lowest BCUT2D eigenvalue weighted by Gasteiger charge is -2.33. The van der Waals surface area contributed by atoms with Crippen molar-refractivity contribution in [1.82, 2.24) is 20.4 Å². The smallest absolute Gasteiger partial charge is 0.319 e. The van der Waals surface area contributed by atoms with E-state index in [1.807, 2.05) is 4.90 Å². The number of hydrogen-bond donors (Lipinski definition) is 2. The predicted octanol–water partition coefficient (Wildman–Crippen LogP) is 0.494. The summed E-state index contributed by atoms with van der Waals surface area (Å²) >= 11 is 0. The summed E-state index contributed by atoms with van der Waals surface area (Å²) in [4.78, 5) is 27.3. The fourth-order valence-corrected chi connectivity index (χ4v) is 2.43. The second-order valence-electron chi connectivity index (χ2n) is 5.64. The van der Waals surface area contributed by atoms with Crippen molar-refractivity contribution in [2.75, 3.05) is 40.3 Å². The number of piperidine rings is 1. The van der Waals surface area contributed by atoms with E-state index in [9.17, 15) is 9.59 Å². The van der Waals surface area contributed by atoms with Gasteiger partial charge in [0.2, 0.25) is 5.91 Å². The van der Waals surface area contributed by atoms with Gasteiger partial charge in [0.05, 0.1) is 0 Å². The summed E-state index contributed by atoms with van der Waals surface area (Å²) in [5, 5.41) is 6.25. The molecule has 116 valence electrons. The molecule has 0 radical (unpaired) electrons. The molecule has 1 rings (SSSR count). The molecular weight excluding hydrogens is 256 g/mol. The maximum absolute atomic E-state index is 12.1. The van der Waals surface area contributed by atoms with Gasteiger partial charge in [-0.05, 0) is 26.3 Å². The van der Waals surface area contributed by atoms with E-state index in [-0.39, 0.29) is 17.9 Å². The molecule has 2 N–H and O–H groups in total. The van der Waals surface area contributed by atoms with Gasteiger partial charge >= 0.3 is 6.03 Å². The number of hydrogen-bond acceptors (Lipinski definition) is 3. The fraction of sp³-hybridized carbons (Fsp3) is 0.857. The lowest BCUT2D eigenvalue weighted by molar-refractivity contribution is -0.126. The van der Waals surface area contributed by atoms with Crippen LogP contribution < -0.4 is 10.6 Å². The molecule has 6 heteroatoms. The molecule has 0 aromatic rings. The van der Waals surface area contributed by atoms with E-state index in [1.165, 1.54) is 0 Å². The zero-order chi connectivity index (χ0) is 15.1. The van der Waals surface area contributed by atoms with Crippen LogP contribution in [0.2, 0.25) is 0 Å². The van der Waals surface area contributed by atoms with Gasteiger partial charge in [-0.1, -0.05) is 6.92 Å². The highest BCUT2D eigenvalue weighted by molar-refractivity contribution is 5.79. The van der Waals surface area contributed by atoms with Crippen molar-refractivity contribution in [3.05, 3.63) is 0 Å². The molecule has 1 fully saturated rings. The van der Waals surface area contributed by atoms with Crippen LogP contribution in [0.15, 0.2) is 0 Å². The lowest BCUT2D eigenvalue weighted by atomic mass is 9.96. The Morgan fingerprint density at radius 3 is 2.40 bits per heavy atom. The van der Waals surface area contributed by atoms with Crippen molar-refractivity contribution in [2.45, 2.75) is 32.7 Å². The second kappa shape index (κ2) is 8.09. The monoisotopic (exact) mass is 284 g/mol. The first kappa shape index (κ1) is 16.8. The first-order valence-electron chi connectivity index (χ1n) is 7.43. The fourth-order valence-electron chi connectivity index (χ4n) is 2.43. The van der Waals surface area contributed by atoms with E-state index < -0.39 is 0 Å². The molecule has 1 atom stereocenters. The molecule has 0 bridgehead atoms. The normalized spacial score (nSPS) is 17.7. The van der Waals surface area contributed by atoms with Gasteiger partial charge in [0.25, 0.3) is 0 Å². The van der Waals surface area contributed by atoms with E-state index in [1.54, 1.807) is 19.0 Å². The van der Waals surface area contributed by atoms with E-state index in [0.717, 1.165) is 19.4 Å². The van der Waals surface area contributed by atoms with Crippen LogP contribution in [0.5, 0.6) is 0 Å². The molecule has 6 nitrogen and oxygen atoms in total. The van der Waals surface area contributed by atoms with Crippen molar-refractivity contribution in [1.29, 1.82) is 0 Å². The van der Waals surface area contributed by atoms with E-state index in [4.69, 9.17) is 0 Å². The molecule has 0 aromatic carbocycles. The number of likely N-dealkylation sites (tertiary alicyclic amines) is 1. The first-order valence-corrected chi connectivity index (χ1v) is 7.43. The van der Waals surface area contributed by atoms with Crippen LogP contribution in [0.1, 0.15) is 26.7 Å². The van der Waals surface area contributed by atoms with Gasteiger partial charge in [-0.25, -0.2) is 4.79 Å². The molecular formula is C14H28N4O2. The van der Waals surface area contributed by atoms with Crippen molar-refractivity contribution in [2.24, 2.45) is 5.92 Å². The Morgan fingerprint density at radius 1 is 1.30 bits per heavy atom. The van der Waals surface area contributed by atoms with Gasteiger partial charge in [-0.15, -0.1) is 0 Å². The van der Waals surface area contributed by atoms with Crippen molar-refractivity contribution in [3.63, 3.8) is 0 Å². The Morgan fingerprint density at radius 2 is 1.90 bits per heavy atom. The first-order chi connectivity index (χ1) is 9.45. The predicted molar refractivity (Wildman–Crippen MR) is 79.5 cm³/mol. The third kappa shape index (κ3) is 5.00. The molecule has 0 saturated carbocycles. The van der Waals surface area contributed by atoms with Gasteiger partial charge in [-0.2, -0.15) is 0 Å². The lowest BCUT2D eigenvalue weighted by Crippen LogP contribution is -2.47. The minimum atomic E-state index is 0.0321.